The summed E-state index contributed by atoms with van der Waals surface area (Å²) >= 11 is 5.54. The minimum atomic E-state index is -1.05. The Morgan fingerprint density at radius 1 is 1.57 bits per heavy atom. The van der Waals surface area contributed by atoms with E-state index in [4.69, 9.17) is 16.7 Å². The number of aryl methyl sites for hydroxylation is 1. The topological polar surface area (TPSA) is 37.3 Å². The molecule has 0 saturated carbocycles. The lowest BCUT2D eigenvalue weighted by Crippen LogP contribution is -1.88. The summed E-state index contributed by atoms with van der Waals surface area (Å²) in [6, 6.07) is 2.66. The Morgan fingerprint density at radius 3 is 2.79 bits per heavy atom. The van der Waals surface area contributed by atoms with E-state index in [2.05, 4.69) is 0 Å². The number of carbonyl (C=O) groups is 1. The zero-order chi connectivity index (χ0) is 10.7. The fraction of sp³-hybridized carbons (Fsp3) is 0.100. The van der Waals surface area contributed by atoms with E-state index in [9.17, 15) is 9.18 Å². The van der Waals surface area contributed by atoms with Gasteiger partial charge in [0.2, 0.25) is 0 Å². The summed E-state index contributed by atoms with van der Waals surface area (Å²) in [5.41, 5.74) is 1.24. The maximum Gasteiger partial charge on any atom is 0.328 e. The SMILES string of the molecule is Cc1cc(F)c(Cl)cc1/C=C/C(=O)O. The third-order valence-electron chi connectivity index (χ3n) is 1.71. The van der Waals surface area contributed by atoms with E-state index in [0.29, 0.717) is 11.1 Å². The van der Waals surface area contributed by atoms with E-state index in [1.54, 1.807) is 6.92 Å². The first-order chi connectivity index (χ1) is 6.50. The number of carboxylic acid groups (broad SMARTS) is 1. The molecular weight excluding hydrogens is 207 g/mol. The highest BCUT2D eigenvalue weighted by molar-refractivity contribution is 6.30. The summed E-state index contributed by atoms with van der Waals surface area (Å²) < 4.78 is 12.9. The number of halogens is 2. The fourth-order valence-corrected chi connectivity index (χ4v) is 1.17. The lowest BCUT2D eigenvalue weighted by Gasteiger charge is -2.01. The Hall–Kier alpha value is -1.35. The van der Waals surface area contributed by atoms with Crippen LogP contribution in [0.2, 0.25) is 5.02 Å². The fourth-order valence-electron chi connectivity index (χ4n) is 1.00. The van der Waals surface area contributed by atoms with Crippen LogP contribution < -0.4 is 0 Å². The third kappa shape index (κ3) is 2.57. The van der Waals surface area contributed by atoms with E-state index in [1.165, 1.54) is 18.2 Å². The van der Waals surface area contributed by atoms with Crippen molar-refractivity contribution in [3.63, 3.8) is 0 Å². The quantitative estimate of drug-likeness (QED) is 0.769. The first-order valence-corrected chi connectivity index (χ1v) is 4.25. The summed E-state index contributed by atoms with van der Waals surface area (Å²) in [6.07, 6.45) is 2.36. The van der Waals surface area contributed by atoms with Crippen molar-refractivity contribution in [3.05, 3.63) is 40.2 Å². The number of benzene rings is 1. The van der Waals surface area contributed by atoms with Crippen molar-refractivity contribution < 1.29 is 14.3 Å². The number of hydrogen-bond donors (Lipinski definition) is 1. The van der Waals surface area contributed by atoms with Gasteiger partial charge < -0.3 is 5.11 Å². The molecule has 0 saturated heterocycles. The molecule has 0 bridgehead atoms. The Bertz CT molecular complexity index is 399. The van der Waals surface area contributed by atoms with Crippen molar-refractivity contribution in [2.75, 3.05) is 0 Å². The molecule has 0 spiro atoms. The first-order valence-electron chi connectivity index (χ1n) is 3.87. The predicted octanol–water partition coefficient (Wildman–Crippen LogP) is 2.89. The van der Waals surface area contributed by atoms with Crippen LogP contribution in [0.3, 0.4) is 0 Å². The molecule has 0 aromatic heterocycles. The maximum absolute atomic E-state index is 12.9. The average Bonchev–Trinajstić information content (AvgIpc) is 2.09. The zero-order valence-corrected chi connectivity index (χ0v) is 8.18. The number of carboxylic acids is 1. The molecule has 4 heteroatoms. The van der Waals surface area contributed by atoms with Gasteiger partial charge in [0.25, 0.3) is 0 Å². The molecule has 0 unspecified atom stereocenters. The van der Waals surface area contributed by atoms with Gasteiger partial charge in [-0.2, -0.15) is 0 Å². The highest BCUT2D eigenvalue weighted by atomic mass is 35.5. The van der Waals surface area contributed by atoms with Gasteiger partial charge in [-0.15, -0.1) is 0 Å². The largest absolute Gasteiger partial charge is 0.478 e. The molecule has 0 aliphatic rings. The van der Waals surface area contributed by atoms with Crippen LogP contribution in [0.25, 0.3) is 6.08 Å². The van der Waals surface area contributed by atoms with Crippen molar-refractivity contribution in [3.8, 4) is 0 Å². The normalized spacial score (nSPS) is 10.8. The van der Waals surface area contributed by atoms with Crippen LogP contribution in [0, 0.1) is 12.7 Å². The van der Waals surface area contributed by atoms with Crippen LogP contribution in [0.4, 0.5) is 4.39 Å². The van der Waals surface area contributed by atoms with Crippen molar-refractivity contribution in [1.82, 2.24) is 0 Å². The van der Waals surface area contributed by atoms with Crippen molar-refractivity contribution in [2.45, 2.75) is 6.92 Å². The second-order valence-corrected chi connectivity index (χ2v) is 3.20. The van der Waals surface area contributed by atoms with Gasteiger partial charge in [-0.25, -0.2) is 9.18 Å². The number of hydrogen-bond acceptors (Lipinski definition) is 1. The average molecular weight is 215 g/mol. The van der Waals surface area contributed by atoms with Gasteiger partial charge in [0.15, 0.2) is 0 Å². The molecule has 1 rings (SSSR count). The molecule has 0 heterocycles. The molecule has 1 aromatic rings. The monoisotopic (exact) mass is 214 g/mol. The van der Waals surface area contributed by atoms with Crippen LogP contribution in [0.15, 0.2) is 18.2 Å². The van der Waals surface area contributed by atoms with Gasteiger partial charge in [-0.3, -0.25) is 0 Å². The van der Waals surface area contributed by atoms with Gasteiger partial charge in [0, 0.05) is 6.08 Å². The van der Waals surface area contributed by atoms with Crippen molar-refractivity contribution in [2.24, 2.45) is 0 Å². The predicted molar refractivity (Wildman–Crippen MR) is 52.8 cm³/mol. The smallest absolute Gasteiger partial charge is 0.328 e. The molecule has 0 radical (unpaired) electrons. The summed E-state index contributed by atoms with van der Waals surface area (Å²) in [5, 5.41) is 8.38. The molecule has 0 amide bonds. The Kier molecular flexibility index (Phi) is 3.25. The molecule has 14 heavy (non-hydrogen) atoms. The molecule has 74 valence electrons. The van der Waals surface area contributed by atoms with Crippen LogP contribution >= 0.6 is 11.6 Å². The summed E-state index contributed by atoms with van der Waals surface area (Å²) in [5.74, 6) is -1.55. The molecule has 0 atom stereocenters. The molecule has 0 fully saturated rings. The van der Waals surface area contributed by atoms with E-state index in [-0.39, 0.29) is 5.02 Å². The summed E-state index contributed by atoms with van der Waals surface area (Å²) in [7, 11) is 0. The van der Waals surface area contributed by atoms with Gasteiger partial charge in [-0.05, 0) is 36.3 Å². The maximum atomic E-state index is 12.9. The van der Waals surface area contributed by atoms with Crippen molar-refractivity contribution in [1.29, 1.82) is 0 Å². The minimum absolute atomic E-state index is 0.0133. The summed E-state index contributed by atoms with van der Waals surface area (Å²) in [6.45, 7) is 1.68. The second-order valence-electron chi connectivity index (χ2n) is 2.79. The van der Waals surface area contributed by atoms with Crippen LogP contribution in [0.1, 0.15) is 11.1 Å². The van der Waals surface area contributed by atoms with Gasteiger partial charge in [-0.1, -0.05) is 11.6 Å². The van der Waals surface area contributed by atoms with Crippen molar-refractivity contribution >= 4 is 23.6 Å². The molecule has 0 aliphatic heterocycles. The Labute approximate surface area is 85.6 Å². The van der Waals surface area contributed by atoms with Crippen LogP contribution in [-0.4, -0.2) is 11.1 Å². The molecule has 2 nitrogen and oxygen atoms in total. The second kappa shape index (κ2) is 4.24. The highest BCUT2D eigenvalue weighted by Crippen LogP contribution is 2.20. The van der Waals surface area contributed by atoms with Gasteiger partial charge in [0.1, 0.15) is 5.82 Å². The number of aliphatic carboxylic acids is 1. The van der Waals surface area contributed by atoms with Gasteiger partial charge in [0.05, 0.1) is 5.02 Å². The molecule has 0 aliphatic carbocycles. The first kappa shape index (κ1) is 10.7. The lowest BCUT2D eigenvalue weighted by molar-refractivity contribution is -0.131. The minimum Gasteiger partial charge on any atom is -0.478 e. The Morgan fingerprint density at radius 2 is 2.21 bits per heavy atom. The van der Waals surface area contributed by atoms with E-state index in [0.717, 1.165) is 6.08 Å². The number of rotatable bonds is 2. The van der Waals surface area contributed by atoms with Crippen LogP contribution in [0.5, 0.6) is 0 Å². The zero-order valence-electron chi connectivity index (χ0n) is 7.42. The Balaban J connectivity index is 3.10. The lowest BCUT2D eigenvalue weighted by atomic mass is 10.1. The van der Waals surface area contributed by atoms with E-state index < -0.39 is 11.8 Å². The van der Waals surface area contributed by atoms with Gasteiger partial charge >= 0.3 is 5.97 Å². The highest BCUT2D eigenvalue weighted by Gasteiger charge is 2.03. The summed E-state index contributed by atoms with van der Waals surface area (Å²) in [4.78, 5) is 10.2. The third-order valence-corrected chi connectivity index (χ3v) is 2.00. The van der Waals surface area contributed by atoms with E-state index >= 15 is 0 Å². The van der Waals surface area contributed by atoms with Crippen LogP contribution in [-0.2, 0) is 4.79 Å². The molecular formula is C10H8ClFO2. The molecule has 1 N–H and O–H groups in total. The standard InChI is InChI=1S/C10H8ClFO2/c1-6-4-9(12)8(11)5-7(6)2-3-10(13)14/h2-5H,1H3,(H,13,14)/b3-2+. The molecule has 1 aromatic carbocycles. The van der Waals surface area contributed by atoms with E-state index in [1.807, 2.05) is 0 Å².